The molecule has 2 atom stereocenters. The van der Waals surface area contributed by atoms with E-state index >= 15 is 0 Å². The monoisotopic (exact) mass is 340 g/mol. The maximum absolute atomic E-state index is 12.4. The van der Waals surface area contributed by atoms with E-state index in [9.17, 15) is 9.59 Å². The number of ether oxygens (including phenoxy) is 1. The van der Waals surface area contributed by atoms with Crippen molar-refractivity contribution >= 4 is 25.0 Å². The molecule has 126 valence electrons. The van der Waals surface area contributed by atoms with Gasteiger partial charge in [0.15, 0.2) is 0 Å². The molecule has 0 unspecified atom stereocenters. The summed E-state index contributed by atoms with van der Waals surface area (Å²) < 4.78 is 4.97. The summed E-state index contributed by atoms with van der Waals surface area (Å²) in [4.78, 5) is 24.8. The molecule has 0 aromatic heterocycles. The van der Waals surface area contributed by atoms with Crippen molar-refractivity contribution in [2.75, 3.05) is 7.11 Å². The molecule has 0 saturated carbocycles. The Kier molecular flexibility index (Phi) is 5.73. The van der Waals surface area contributed by atoms with E-state index < -0.39 is 20.0 Å². The SMILES string of the molecule is COC(=O)[C@H](C(C)=O)[C@H](c1ccccc1)[Si](C)(C)c1ccccc1. The lowest BCUT2D eigenvalue weighted by Gasteiger charge is -2.37. The number of benzene rings is 2. The van der Waals surface area contributed by atoms with E-state index in [1.807, 2.05) is 48.5 Å². The summed E-state index contributed by atoms with van der Waals surface area (Å²) in [5, 5.41) is 1.22. The van der Waals surface area contributed by atoms with Gasteiger partial charge in [-0.3, -0.25) is 9.59 Å². The summed E-state index contributed by atoms with van der Waals surface area (Å²) in [5.41, 5.74) is 0.842. The zero-order valence-corrected chi connectivity index (χ0v) is 15.7. The molecule has 24 heavy (non-hydrogen) atoms. The minimum absolute atomic E-state index is 0.146. The molecule has 0 N–H and O–H groups in total. The molecule has 0 aliphatic rings. The topological polar surface area (TPSA) is 43.4 Å². The molecule has 3 nitrogen and oxygen atoms in total. The number of esters is 1. The van der Waals surface area contributed by atoms with E-state index in [0.717, 1.165) is 5.56 Å². The van der Waals surface area contributed by atoms with Gasteiger partial charge in [-0.15, -0.1) is 0 Å². The van der Waals surface area contributed by atoms with Gasteiger partial charge in [-0.05, 0) is 12.5 Å². The van der Waals surface area contributed by atoms with Crippen molar-refractivity contribution in [3.8, 4) is 0 Å². The number of carbonyl (C=O) groups excluding carboxylic acids is 2. The van der Waals surface area contributed by atoms with Crippen LogP contribution in [0.25, 0.3) is 0 Å². The zero-order chi connectivity index (χ0) is 17.7. The van der Waals surface area contributed by atoms with Crippen molar-refractivity contribution in [1.29, 1.82) is 0 Å². The molecule has 0 saturated heterocycles. The van der Waals surface area contributed by atoms with Crippen molar-refractivity contribution in [1.82, 2.24) is 0 Å². The highest BCUT2D eigenvalue weighted by Gasteiger charge is 2.45. The first-order chi connectivity index (χ1) is 11.4. The predicted molar refractivity (Wildman–Crippen MR) is 98.9 cm³/mol. The molecule has 2 aromatic carbocycles. The molecular weight excluding hydrogens is 316 g/mol. The van der Waals surface area contributed by atoms with Crippen LogP contribution < -0.4 is 5.19 Å². The minimum atomic E-state index is -2.18. The standard InChI is InChI=1S/C20H24O3Si/c1-15(21)18(20(22)23-2)19(16-11-7-5-8-12-16)24(3,4)17-13-9-6-10-14-17/h5-14,18-19H,1-4H3/t18-,19+/m1/s1. The molecule has 0 aliphatic heterocycles. The first-order valence-electron chi connectivity index (χ1n) is 8.08. The second-order valence-electron chi connectivity index (χ2n) is 6.59. The Balaban J connectivity index is 2.63. The van der Waals surface area contributed by atoms with Gasteiger partial charge in [0.2, 0.25) is 0 Å². The molecule has 0 aliphatic carbocycles. The summed E-state index contributed by atoms with van der Waals surface area (Å²) in [5.74, 6) is -1.38. The number of ketones is 1. The van der Waals surface area contributed by atoms with E-state index in [2.05, 4.69) is 25.2 Å². The summed E-state index contributed by atoms with van der Waals surface area (Å²) in [6.07, 6.45) is 0. The number of hydrogen-bond acceptors (Lipinski definition) is 3. The van der Waals surface area contributed by atoms with Crippen molar-refractivity contribution in [3.63, 3.8) is 0 Å². The highest BCUT2D eigenvalue weighted by atomic mass is 28.3. The molecule has 0 bridgehead atoms. The van der Waals surface area contributed by atoms with Crippen LogP contribution in [0, 0.1) is 5.92 Å². The molecule has 0 amide bonds. The first kappa shape index (κ1) is 18.1. The Bertz CT molecular complexity index is 695. The molecule has 0 spiro atoms. The highest BCUT2D eigenvalue weighted by Crippen LogP contribution is 2.35. The van der Waals surface area contributed by atoms with Crippen molar-refractivity contribution in [2.45, 2.75) is 25.6 Å². The number of Topliss-reactive ketones (excluding diaryl/α,β-unsaturated/α-hetero) is 1. The third kappa shape index (κ3) is 3.65. The number of methoxy groups -OCH3 is 1. The maximum Gasteiger partial charge on any atom is 0.316 e. The average Bonchev–Trinajstić information content (AvgIpc) is 2.60. The van der Waals surface area contributed by atoms with Crippen molar-refractivity contribution in [3.05, 3.63) is 66.2 Å². The van der Waals surface area contributed by atoms with Gasteiger partial charge in [0, 0.05) is 5.54 Å². The fraction of sp³-hybridized carbons (Fsp3) is 0.300. The third-order valence-electron chi connectivity index (χ3n) is 4.68. The van der Waals surface area contributed by atoms with Crippen LogP contribution in [0.1, 0.15) is 18.0 Å². The molecule has 2 rings (SSSR count). The smallest absolute Gasteiger partial charge is 0.316 e. The lowest BCUT2D eigenvalue weighted by molar-refractivity contribution is -0.149. The van der Waals surface area contributed by atoms with Crippen LogP contribution in [0.5, 0.6) is 0 Å². The van der Waals surface area contributed by atoms with Gasteiger partial charge in [0.1, 0.15) is 11.7 Å². The van der Waals surface area contributed by atoms with Crippen molar-refractivity contribution < 1.29 is 14.3 Å². The fourth-order valence-electron chi connectivity index (χ4n) is 3.40. The Morgan fingerprint density at radius 2 is 1.42 bits per heavy atom. The second kappa shape index (κ2) is 7.58. The summed E-state index contributed by atoms with van der Waals surface area (Å²) >= 11 is 0. The highest BCUT2D eigenvalue weighted by molar-refractivity contribution is 6.91. The van der Waals surface area contributed by atoms with Gasteiger partial charge in [-0.25, -0.2) is 0 Å². The number of carbonyl (C=O) groups is 2. The van der Waals surface area contributed by atoms with Crippen LogP contribution in [0.2, 0.25) is 13.1 Å². The number of rotatable bonds is 6. The molecule has 2 aromatic rings. The summed E-state index contributed by atoms with van der Waals surface area (Å²) in [6.45, 7) is 5.89. The quantitative estimate of drug-likeness (QED) is 0.460. The molecular formula is C20H24O3Si. The lowest BCUT2D eigenvalue weighted by atomic mass is 9.95. The molecule has 4 heteroatoms. The van der Waals surface area contributed by atoms with Crippen LogP contribution in [0.3, 0.4) is 0 Å². The van der Waals surface area contributed by atoms with Crippen LogP contribution in [0.4, 0.5) is 0 Å². The Hall–Kier alpha value is -2.20. The van der Waals surface area contributed by atoms with E-state index in [4.69, 9.17) is 4.74 Å². The second-order valence-corrected chi connectivity index (χ2v) is 11.2. The van der Waals surface area contributed by atoms with Crippen LogP contribution in [-0.4, -0.2) is 26.9 Å². The summed E-state index contributed by atoms with van der Waals surface area (Å²) in [7, 11) is -0.832. The molecule has 0 heterocycles. The predicted octanol–water partition coefficient (Wildman–Crippen LogP) is 3.30. The van der Waals surface area contributed by atoms with Crippen LogP contribution in [0.15, 0.2) is 60.7 Å². The van der Waals surface area contributed by atoms with E-state index in [0.29, 0.717) is 0 Å². The molecule has 0 fully saturated rings. The molecule has 0 radical (unpaired) electrons. The average molecular weight is 340 g/mol. The third-order valence-corrected chi connectivity index (χ3v) is 8.72. The van der Waals surface area contributed by atoms with Crippen molar-refractivity contribution in [2.24, 2.45) is 5.92 Å². The normalized spacial score (nSPS) is 13.8. The first-order valence-corrected chi connectivity index (χ1v) is 11.2. The van der Waals surface area contributed by atoms with Gasteiger partial charge in [0.25, 0.3) is 0 Å². The van der Waals surface area contributed by atoms with Gasteiger partial charge in [-0.2, -0.15) is 0 Å². The fourth-order valence-corrected chi connectivity index (χ4v) is 7.04. The summed E-state index contributed by atoms with van der Waals surface area (Å²) in [6, 6.07) is 20.0. The zero-order valence-electron chi connectivity index (χ0n) is 14.7. The largest absolute Gasteiger partial charge is 0.468 e. The Morgan fingerprint density at radius 1 is 0.917 bits per heavy atom. The lowest BCUT2D eigenvalue weighted by Crippen LogP contribution is -2.53. The van der Waals surface area contributed by atoms with E-state index in [-0.39, 0.29) is 11.3 Å². The van der Waals surface area contributed by atoms with Gasteiger partial charge in [0.05, 0.1) is 15.2 Å². The van der Waals surface area contributed by atoms with E-state index in [1.165, 1.54) is 19.2 Å². The van der Waals surface area contributed by atoms with Crippen LogP contribution in [-0.2, 0) is 14.3 Å². The Labute approximate surface area is 144 Å². The van der Waals surface area contributed by atoms with Crippen LogP contribution >= 0.6 is 0 Å². The van der Waals surface area contributed by atoms with Gasteiger partial charge in [-0.1, -0.05) is 78.9 Å². The van der Waals surface area contributed by atoms with Gasteiger partial charge >= 0.3 is 5.97 Å². The minimum Gasteiger partial charge on any atom is -0.468 e. The van der Waals surface area contributed by atoms with Gasteiger partial charge < -0.3 is 4.74 Å². The maximum atomic E-state index is 12.4. The Morgan fingerprint density at radius 3 is 1.88 bits per heavy atom. The van der Waals surface area contributed by atoms with E-state index in [1.54, 1.807) is 0 Å². The number of hydrogen-bond donors (Lipinski definition) is 0.